The second-order valence-corrected chi connectivity index (χ2v) is 16.8. The minimum absolute atomic E-state index is 0.0799. The van der Waals surface area contributed by atoms with Gasteiger partial charge in [0.1, 0.15) is 23.7 Å². The van der Waals surface area contributed by atoms with Crippen LogP contribution >= 0.6 is 22.7 Å². The van der Waals surface area contributed by atoms with Crippen LogP contribution in [-0.4, -0.2) is 92.6 Å². The fraction of sp³-hybridized carbons (Fsp3) is 0.333. The number of benzene rings is 2. The zero-order chi connectivity index (χ0) is 37.3. The average molecular weight is 759 g/mol. The fourth-order valence-electron chi connectivity index (χ4n) is 8.03. The van der Waals surface area contributed by atoms with Crippen molar-refractivity contribution in [1.29, 1.82) is 0 Å². The molecule has 278 valence electrons. The van der Waals surface area contributed by atoms with Crippen molar-refractivity contribution in [3.63, 3.8) is 0 Å². The van der Waals surface area contributed by atoms with Crippen LogP contribution in [0.2, 0.25) is 0 Å². The van der Waals surface area contributed by atoms with Crippen molar-refractivity contribution in [3.05, 3.63) is 120 Å². The number of H-pyrrole nitrogens is 2. The molecule has 10 nitrogen and oxygen atoms in total. The Bertz CT molecular complexity index is 2050. The third kappa shape index (κ3) is 7.06. The highest BCUT2D eigenvalue weighted by molar-refractivity contribution is 7.25. The van der Waals surface area contributed by atoms with Crippen LogP contribution in [0.25, 0.3) is 30.9 Å². The summed E-state index contributed by atoms with van der Waals surface area (Å²) in [7, 11) is 7.85. The predicted molar refractivity (Wildman–Crippen MR) is 216 cm³/mol. The molecule has 2 unspecified atom stereocenters. The Morgan fingerprint density at radius 3 is 1.39 bits per heavy atom. The number of likely N-dealkylation sites (tertiary alicyclic amines) is 2. The smallest absolute Gasteiger partial charge is 0.245 e. The van der Waals surface area contributed by atoms with E-state index in [-0.39, 0.29) is 36.0 Å². The molecule has 0 bridgehead atoms. The fourth-order valence-corrected chi connectivity index (χ4v) is 10.1. The summed E-state index contributed by atoms with van der Waals surface area (Å²) in [6, 6.07) is 27.8. The highest BCUT2D eigenvalue weighted by Crippen LogP contribution is 2.42. The molecule has 2 aliphatic heterocycles. The molecule has 54 heavy (non-hydrogen) atoms. The molecule has 2 aromatic carbocycles. The predicted octanol–water partition coefficient (Wildman–Crippen LogP) is 8.19. The molecule has 8 rings (SSSR count). The summed E-state index contributed by atoms with van der Waals surface area (Å²) >= 11 is 3.45. The van der Waals surface area contributed by atoms with Gasteiger partial charge in [0.2, 0.25) is 11.8 Å². The lowest BCUT2D eigenvalue weighted by molar-refractivity contribution is -0.138. The molecule has 2 N–H and O–H groups in total. The van der Waals surface area contributed by atoms with E-state index in [0.29, 0.717) is 0 Å². The molecule has 0 radical (unpaired) electrons. The van der Waals surface area contributed by atoms with Gasteiger partial charge >= 0.3 is 0 Å². The third-order valence-corrected chi connectivity index (χ3v) is 13.0. The first kappa shape index (κ1) is 36.1. The number of carbonyl (C=O) groups is 2. The Balaban J connectivity index is 0.955. The summed E-state index contributed by atoms with van der Waals surface area (Å²) in [6.45, 7) is 1.45. The van der Waals surface area contributed by atoms with E-state index in [1.54, 1.807) is 22.7 Å². The van der Waals surface area contributed by atoms with Crippen LogP contribution < -0.4 is 0 Å². The first-order valence-electron chi connectivity index (χ1n) is 18.6. The maximum absolute atomic E-state index is 13.9. The summed E-state index contributed by atoms with van der Waals surface area (Å²) in [5.74, 6) is 1.89. The zero-order valence-electron chi connectivity index (χ0n) is 31.1. The number of aromatic nitrogens is 4. The van der Waals surface area contributed by atoms with Gasteiger partial charge in [-0.3, -0.25) is 19.4 Å². The highest BCUT2D eigenvalue weighted by atomic mass is 32.1. The number of nitrogens with one attached hydrogen (secondary N) is 2. The lowest BCUT2D eigenvalue weighted by Crippen LogP contribution is -2.40. The molecular formula is C42H46N8O2S2. The number of hydrogen-bond acceptors (Lipinski definition) is 8. The van der Waals surface area contributed by atoms with E-state index in [0.717, 1.165) is 82.7 Å². The number of aromatic amines is 2. The SMILES string of the molecule is CN(C)C(C(=O)N1CCC[C@H]1c1ncc(-c2ccc(-c3ccc(-c4cnc([C@@H]5CCCN5C(=O)C(c5ccccc5)N(C)C)[nH]4)s3)s2)[nH]1)c1ccccc1. The Labute approximate surface area is 324 Å². The number of imidazole rings is 2. The molecule has 2 aliphatic rings. The number of rotatable bonds is 11. The molecule has 0 saturated carbocycles. The summed E-state index contributed by atoms with van der Waals surface area (Å²) in [5, 5.41) is 0. The number of amides is 2. The first-order chi connectivity index (χ1) is 26.3. The maximum atomic E-state index is 13.9. The molecular weight excluding hydrogens is 713 g/mol. The number of likely N-dealkylation sites (N-methyl/N-ethyl adjacent to an activating group) is 2. The quantitative estimate of drug-likeness (QED) is 0.138. The van der Waals surface area contributed by atoms with Crippen molar-refractivity contribution < 1.29 is 9.59 Å². The van der Waals surface area contributed by atoms with E-state index in [9.17, 15) is 9.59 Å². The van der Waals surface area contributed by atoms with Crippen molar-refractivity contribution in [2.45, 2.75) is 49.9 Å². The van der Waals surface area contributed by atoms with Gasteiger partial charge in [-0.15, -0.1) is 22.7 Å². The first-order valence-corrected chi connectivity index (χ1v) is 20.2. The number of carbonyl (C=O) groups excluding carboxylic acids is 2. The van der Waals surface area contributed by atoms with Crippen LogP contribution in [0.5, 0.6) is 0 Å². The van der Waals surface area contributed by atoms with Gasteiger partial charge in [0, 0.05) is 22.8 Å². The Morgan fingerprint density at radius 2 is 1.00 bits per heavy atom. The topological polar surface area (TPSA) is 104 Å². The van der Waals surface area contributed by atoms with Gasteiger partial charge in [0.15, 0.2) is 0 Å². The second-order valence-electron chi connectivity index (χ2n) is 14.6. The third-order valence-electron chi connectivity index (χ3n) is 10.6. The van der Waals surface area contributed by atoms with E-state index >= 15 is 0 Å². The van der Waals surface area contributed by atoms with E-state index in [2.05, 4.69) is 34.2 Å². The Morgan fingerprint density at radius 1 is 0.611 bits per heavy atom. The van der Waals surface area contributed by atoms with Crippen LogP contribution in [-0.2, 0) is 9.59 Å². The molecule has 6 aromatic rings. The minimum Gasteiger partial charge on any atom is -0.340 e. The average Bonchev–Trinajstić information content (AvgIpc) is 4.02. The minimum atomic E-state index is -0.340. The molecule has 4 atom stereocenters. The van der Waals surface area contributed by atoms with Crippen LogP contribution in [0.1, 0.15) is 72.6 Å². The van der Waals surface area contributed by atoms with Crippen molar-refractivity contribution in [2.24, 2.45) is 0 Å². The van der Waals surface area contributed by atoms with Gasteiger partial charge < -0.3 is 19.8 Å². The van der Waals surface area contributed by atoms with E-state index < -0.39 is 0 Å². The molecule has 2 saturated heterocycles. The van der Waals surface area contributed by atoms with Gasteiger partial charge in [-0.05, 0) is 89.3 Å². The standard InChI is InChI=1S/C42H46N8O2S2/c1-47(2)37(27-13-7-5-8-14-27)41(51)49-23-11-17-31(49)39-43-25-29(45-39)33-19-21-35(53-33)36-22-20-34(54-36)30-26-44-40(46-30)32-18-12-24-50(32)42(52)38(48(3)4)28-15-9-6-10-16-28/h5-10,13-16,19-22,25-26,31-32,37-38H,11-12,17-18,23-24H2,1-4H3,(H,43,45)(H,44,46)/t31-,32-,37?,38?/m0/s1. The monoisotopic (exact) mass is 758 g/mol. The van der Waals surface area contributed by atoms with Crippen molar-refractivity contribution in [2.75, 3.05) is 41.3 Å². The second kappa shape index (κ2) is 15.5. The number of hydrogen-bond donors (Lipinski definition) is 2. The number of nitrogens with zero attached hydrogens (tertiary/aromatic N) is 6. The van der Waals surface area contributed by atoms with Crippen LogP contribution in [0.3, 0.4) is 0 Å². The van der Waals surface area contributed by atoms with E-state index in [1.807, 2.05) is 121 Å². The summed E-state index contributed by atoms with van der Waals surface area (Å²) in [5.41, 5.74) is 3.92. The molecule has 0 spiro atoms. The van der Waals surface area contributed by atoms with Crippen molar-refractivity contribution in [3.8, 4) is 30.9 Å². The summed E-state index contributed by atoms with van der Waals surface area (Å²) in [6.07, 6.45) is 7.47. The van der Waals surface area contributed by atoms with Crippen LogP contribution in [0.15, 0.2) is 97.3 Å². The van der Waals surface area contributed by atoms with Gasteiger partial charge in [-0.1, -0.05) is 60.7 Å². The molecule has 4 aromatic heterocycles. The van der Waals surface area contributed by atoms with Gasteiger partial charge in [0.25, 0.3) is 0 Å². The molecule has 6 heterocycles. The molecule has 2 fully saturated rings. The van der Waals surface area contributed by atoms with Gasteiger partial charge in [-0.2, -0.15) is 0 Å². The normalized spacial score (nSPS) is 18.6. The summed E-state index contributed by atoms with van der Waals surface area (Å²) in [4.78, 5) is 57.2. The van der Waals surface area contributed by atoms with Gasteiger partial charge in [0.05, 0.1) is 45.6 Å². The van der Waals surface area contributed by atoms with Gasteiger partial charge in [-0.25, -0.2) is 9.97 Å². The van der Waals surface area contributed by atoms with Crippen molar-refractivity contribution in [1.82, 2.24) is 39.5 Å². The number of thiophene rings is 2. The lowest BCUT2D eigenvalue weighted by atomic mass is 10.0. The molecule has 2 amide bonds. The largest absolute Gasteiger partial charge is 0.340 e. The van der Waals surface area contributed by atoms with E-state index in [1.165, 1.54) is 9.75 Å². The van der Waals surface area contributed by atoms with Crippen LogP contribution in [0, 0.1) is 0 Å². The maximum Gasteiger partial charge on any atom is 0.245 e. The molecule has 0 aliphatic carbocycles. The lowest BCUT2D eigenvalue weighted by Gasteiger charge is -2.31. The Kier molecular flexibility index (Phi) is 10.3. The Hall–Kier alpha value is -4.88. The highest BCUT2D eigenvalue weighted by Gasteiger charge is 2.38. The van der Waals surface area contributed by atoms with Crippen LogP contribution in [0.4, 0.5) is 0 Å². The molecule has 12 heteroatoms. The van der Waals surface area contributed by atoms with Crippen molar-refractivity contribution >= 4 is 34.5 Å². The summed E-state index contributed by atoms with van der Waals surface area (Å²) < 4.78 is 0. The zero-order valence-corrected chi connectivity index (χ0v) is 32.7. The van der Waals surface area contributed by atoms with E-state index in [4.69, 9.17) is 9.97 Å².